The summed E-state index contributed by atoms with van der Waals surface area (Å²) in [6, 6.07) is 3.12. The Morgan fingerprint density at radius 3 is 2.35 bits per heavy atom. The van der Waals surface area contributed by atoms with Gasteiger partial charge in [0.25, 0.3) is 11.2 Å². The molecule has 0 saturated carbocycles. The molecule has 0 aliphatic carbocycles. The summed E-state index contributed by atoms with van der Waals surface area (Å²) in [5, 5.41) is 11.2. The second-order valence-corrected chi connectivity index (χ2v) is 7.35. The van der Waals surface area contributed by atoms with Crippen LogP contribution in [0.25, 0.3) is 11.2 Å². The first-order valence-electron chi connectivity index (χ1n) is 10.5. The molecule has 13 nitrogen and oxygen atoms in total. The number of carbonyl (C=O) groups excluding carboxylic acids is 2. The monoisotopic (exact) mass is 473 g/mol. The van der Waals surface area contributed by atoms with Gasteiger partial charge in [0.05, 0.1) is 22.7 Å². The number of hydrogen-bond donors (Lipinski definition) is 1. The van der Waals surface area contributed by atoms with Crippen LogP contribution in [0.2, 0.25) is 0 Å². The van der Waals surface area contributed by atoms with Crippen molar-refractivity contribution in [2.45, 2.75) is 39.8 Å². The number of nitrogens with one attached hydrogen (secondary N) is 1. The molecule has 0 bridgehead atoms. The Labute approximate surface area is 192 Å². The number of nitrogens with zero attached hydrogens (tertiary/aromatic N) is 4. The Morgan fingerprint density at radius 2 is 1.76 bits per heavy atom. The Kier molecular flexibility index (Phi) is 7.24. The summed E-state index contributed by atoms with van der Waals surface area (Å²) in [7, 11) is 1.54. The van der Waals surface area contributed by atoms with E-state index >= 15 is 0 Å². The number of nitro groups is 1. The molecule has 0 atom stereocenters. The summed E-state index contributed by atoms with van der Waals surface area (Å²) in [5.41, 5.74) is -1.79. The van der Waals surface area contributed by atoms with Gasteiger partial charge in [-0.05, 0) is 19.4 Å². The molecule has 0 unspecified atom stereocenters. The highest BCUT2D eigenvalue weighted by Crippen LogP contribution is 2.20. The van der Waals surface area contributed by atoms with Gasteiger partial charge < -0.3 is 14.0 Å². The fourth-order valence-electron chi connectivity index (χ4n) is 3.32. The van der Waals surface area contributed by atoms with Crippen LogP contribution in [0.5, 0.6) is 0 Å². The molecular weight excluding hydrogens is 450 g/mol. The zero-order valence-corrected chi connectivity index (χ0v) is 18.8. The predicted molar refractivity (Wildman–Crippen MR) is 119 cm³/mol. The fourth-order valence-corrected chi connectivity index (χ4v) is 3.32. The number of aromatic amines is 1. The minimum absolute atomic E-state index is 0.0521. The number of benzene rings is 1. The molecule has 0 aliphatic rings. The van der Waals surface area contributed by atoms with Crippen LogP contribution in [0.1, 0.15) is 53.2 Å². The van der Waals surface area contributed by atoms with Crippen LogP contribution >= 0.6 is 0 Å². The molecular formula is C21H23N5O8. The third-order valence-electron chi connectivity index (χ3n) is 5.05. The van der Waals surface area contributed by atoms with Crippen molar-refractivity contribution in [1.29, 1.82) is 0 Å². The van der Waals surface area contributed by atoms with E-state index in [-0.39, 0.29) is 41.3 Å². The van der Waals surface area contributed by atoms with Crippen molar-refractivity contribution in [3.63, 3.8) is 0 Å². The predicted octanol–water partition coefficient (Wildman–Crippen LogP) is 1.67. The quantitative estimate of drug-likeness (QED) is 0.276. The van der Waals surface area contributed by atoms with Crippen molar-refractivity contribution in [2.24, 2.45) is 7.05 Å². The van der Waals surface area contributed by atoms with Crippen LogP contribution < -0.4 is 11.2 Å². The van der Waals surface area contributed by atoms with E-state index in [0.717, 1.165) is 24.6 Å². The highest BCUT2D eigenvalue weighted by atomic mass is 16.6. The van der Waals surface area contributed by atoms with Crippen molar-refractivity contribution in [2.75, 3.05) is 6.61 Å². The largest absolute Gasteiger partial charge is 0.462 e. The summed E-state index contributed by atoms with van der Waals surface area (Å²) < 4.78 is 12.8. The number of unbranched alkanes of at least 4 members (excludes halogenated alkanes) is 1. The van der Waals surface area contributed by atoms with Gasteiger partial charge in [-0.2, -0.15) is 0 Å². The van der Waals surface area contributed by atoms with Crippen LogP contribution in [0.3, 0.4) is 0 Å². The van der Waals surface area contributed by atoms with E-state index in [0.29, 0.717) is 13.0 Å². The molecule has 13 heteroatoms. The molecule has 1 aromatic carbocycles. The fraction of sp³-hybridized carbons (Fsp3) is 0.381. The molecule has 1 N–H and O–H groups in total. The van der Waals surface area contributed by atoms with Crippen LogP contribution in [0, 0.1) is 10.1 Å². The first-order chi connectivity index (χ1) is 16.2. The van der Waals surface area contributed by atoms with Gasteiger partial charge >= 0.3 is 17.6 Å². The van der Waals surface area contributed by atoms with E-state index in [1.165, 1.54) is 16.2 Å². The van der Waals surface area contributed by atoms with E-state index in [1.54, 1.807) is 6.92 Å². The van der Waals surface area contributed by atoms with E-state index < -0.39 is 33.8 Å². The maximum absolute atomic E-state index is 12.6. The number of aromatic nitrogens is 4. The van der Waals surface area contributed by atoms with Crippen molar-refractivity contribution in [1.82, 2.24) is 19.1 Å². The molecule has 2 aromatic heterocycles. The molecule has 0 radical (unpaired) electrons. The van der Waals surface area contributed by atoms with E-state index in [9.17, 15) is 29.3 Å². The number of rotatable bonds is 9. The first kappa shape index (κ1) is 24.4. The van der Waals surface area contributed by atoms with E-state index in [2.05, 4.69) is 9.97 Å². The van der Waals surface area contributed by atoms with Crippen LogP contribution in [-0.4, -0.2) is 42.6 Å². The third kappa shape index (κ3) is 4.87. The molecule has 0 spiro atoms. The Balaban J connectivity index is 1.92. The number of aryl methyl sites for hydroxylation is 2. The number of fused-ring (bicyclic) bond motifs is 1. The molecule has 180 valence electrons. The summed E-state index contributed by atoms with van der Waals surface area (Å²) in [4.78, 5) is 66.3. The van der Waals surface area contributed by atoms with Gasteiger partial charge in [-0.15, -0.1) is 0 Å². The zero-order valence-electron chi connectivity index (χ0n) is 18.8. The number of non-ortho nitro benzene ring substituents is 1. The number of H-pyrrole nitrogens is 1. The second kappa shape index (κ2) is 10.1. The Morgan fingerprint density at radius 1 is 1.12 bits per heavy atom. The molecule has 0 saturated heterocycles. The van der Waals surface area contributed by atoms with Crippen molar-refractivity contribution in [3.05, 3.63) is 66.1 Å². The Hall–Kier alpha value is -4.29. The molecule has 34 heavy (non-hydrogen) atoms. The van der Waals surface area contributed by atoms with Gasteiger partial charge in [0.1, 0.15) is 12.4 Å². The maximum Gasteiger partial charge on any atom is 0.338 e. The van der Waals surface area contributed by atoms with Gasteiger partial charge in [-0.1, -0.05) is 13.3 Å². The molecule has 0 fully saturated rings. The summed E-state index contributed by atoms with van der Waals surface area (Å²) >= 11 is 0. The van der Waals surface area contributed by atoms with Crippen LogP contribution in [-0.2, 0) is 29.7 Å². The zero-order chi connectivity index (χ0) is 25.0. The molecule has 2 heterocycles. The number of esters is 2. The maximum atomic E-state index is 12.6. The number of carbonyl (C=O) groups is 2. The SMILES string of the molecule is CCCCn1c(=O)[nH]c(=O)c2c1nc(COC(=O)c1cc(C(=O)OCC)cc([N+](=O)[O-])c1)n2C. The summed E-state index contributed by atoms with van der Waals surface area (Å²) in [6.07, 6.45) is 1.51. The van der Waals surface area contributed by atoms with E-state index in [1.807, 2.05) is 6.92 Å². The van der Waals surface area contributed by atoms with Crippen molar-refractivity contribution in [3.8, 4) is 0 Å². The third-order valence-corrected chi connectivity index (χ3v) is 5.05. The van der Waals surface area contributed by atoms with Crippen LogP contribution in [0.15, 0.2) is 27.8 Å². The average Bonchev–Trinajstić information content (AvgIpc) is 3.13. The van der Waals surface area contributed by atoms with Gasteiger partial charge in [0, 0.05) is 25.7 Å². The second-order valence-electron chi connectivity index (χ2n) is 7.35. The minimum atomic E-state index is -0.946. The lowest BCUT2D eigenvalue weighted by Crippen LogP contribution is -2.31. The summed E-state index contributed by atoms with van der Waals surface area (Å²) in [6.45, 7) is 3.55. The van der Waals surface area contributed by atoms with Gasteiger partial charge in [0.2, 0.25) is 0 Å². The number of ether oxygens (including phenoxy) is 2. The Bertz CT molecular complexity index is 1380. The highest BCUT2D eigenvalue weighted by molar-refractivity contribution is 5.96. The smallest absolute Gasteiger partial charge is 0.338 e. The first-order valence-corrected chi connectivity index (χ1v) is 10.5. The van der Waals surface area contributed by atoms with Gasteiger partial charge in [-0.3, -0.25) is 24.5 Å². The lowest BCUT2D eigenvalue weighted by Gasteiger charge is -2.07. The average molecular weight is 473 g/mol. The molecule has 3 rings (SSSR count). The van der Waals surface area contributed by atoms with Crippen molar-refractivity contribution >= 4 is 28.8 Å². The van der Waals surface area contributed by atoms with E-state index in [4.69, 9.17) is 9.47 Å². The molecule has 3 aromatic rings. The lowest BCUT2D eigenvalue weighted by atomic mass is 10.1. The number of imidazole rings is 1. The van der Waals surface area contributed by atoms with Gasteiger partial charge in [-0.25, -0.2) is 19.4 Å². The van der Waals surface area contributed by atoms with Gasteiger partial charge in [0.15, 0.2) is 11.2 Å². The topological polar surface area (TPSA) is 168 Å². The number of nitro benzene ring substituents is 1. The normalized spacial score (nSPS) is 10.9. The molecule has 0 amide bonds. The minimum Gasteiger partial charge on any atom is -0.462 e. The van der Waals surface area contributed by atoms with Crippen LogP contribution in [0.4, 0.5) is 5.69 Å². The highest BCUT2D eigenvalue weighted by Gasteiger charge is 2.21. The molecule has 0 aliphatic heterocycles. The van der Waals surface area contributed by atoms with Crippen molar-refractivity contribution < 1.29 is 24.0 Å². The summed E-state index contributed by atoms with van der Waals surface area (Å²) in [5.74, 6) is -1.58. The number of hydrogen-bond acceptors (Lipinski definition) is 9. The lowest BCUT2D eigenvalue weighted by molar-refractivity contribution is -0.384. The standard InChI is InChI=1S/C21H23N5O8/c1-4-6-7-25-17-16(18(27)23-21(25)30)24(3)15(22-17)11-34-20(29)13-8-12(19(28)33-5-2)9-14(10-13)26(31)32/h8-10H,4-7,11H2,1-3H3,(H,23,27,30).